The van der Waals surface area contributed by atoms with Gasteiger partial charge in [0.1, 0.15) is 11.9 Å². The van der Waals surface area contributed by atoms with E-state index in [0.717, 1.165) is 23.2 Å². The van der Waals surface area contributed by atoms with Gasteiger partial charge in [0, 0.05) is 24.0 Å². The number of amides is 1. The Morgan fingerprint density at radius 1 is 1.21 bits per heavy atom. The number of aromatic nitrogens is 3. The third-order valence-electron chi connectivity index (χ3n) is 4.48. The number of hydrogen-bond acceptors (Lipinski definition) is 7. The van der Waals surface area contributed by atoms with E-state index < -0.39 is 5.95 Å². The van der Waals surface area contributed by atoms with Gasteiger partial charge in [-0.25, -0.2) is 15.0 Å². The standard InChI is InChI=1S/C19H14FN5O3/c1-9-7-21-17-16-10-2-5-14(28-15-6-13(20)22-8-23-15)25-11(10)3-4-12(16)27-18(17)19(26)24-9/h2-6,8-9,21H,7H2,1H3,(H,24,26)/t9-/m1/s1. The van der Waals surface area contributed by atoms with Gasteiger partial charge >= 0.3 is 0 Å². The van der Waals surface area contributed by atoms with E-state index in [4.69, 9.17) is 9.15 Å². The number of anilines is 1. The van der Waals surface area contributed by atoms with Gasteiger partial charge in [-0.3, -0.25) is 4.79 Å². The van der Waals surface area contributed by atoms with Crippen molar-refractivity contribution in [2.24, 2.45) is 0 Å². The fourth-order valence-electron chi connectivity index (χ4n) is 3.24. The summed E-state index contributed by atoms with van der Waals surface area (Å²) < 4.78 is 24.5. The average Bonchev–Trinajstić information content (AvgIpc) is 2.99. The molecule has 1 aliphatic heterocycles. The quantitative estimate of drug-likeness (QED) is 0.516. The number of rotatable bonds is 2. The number of carbonyl (C=O) groups is 1. The van der Waals surface area contributed by atoms with Crippen LogP contribution in [0.3, 0.4) is 0 Å². The number of ether oxygens (including phenoxy) is 1. The molecule has 0 fully saturated rings. The largest absolute Gasteiger partial charge is 0.449 e. The van der Waals surface area contributed by atoms with Gasteiger partial charge < -0.3 is 19.8 Å². The second-order valence-corrected chi connectivity index (χ2v) is 6.50. The molecule has 0 radical (unpaired) electrons. The zero-order chi connectivity index (χ0) is 19.3. The highest BCUT2D eigenvalue weighted by Crippen LogP contribution is 2.37. The third-order valence-corrected chi connectivity index (χ3v) is 4.48. The first kappa shape index (κ1) is 16.4. The molecule has 0 unspecified atom stereocenters. The number of fused-ring (bicyclic) bond motifs is 5. The third kappa shape index (κ3) is 2.68. The van der Waals surface area contributed by atoms with E-state index in [1.54, 1.807) is 18.2 Å². The predicted molar refractivity (Wildman–Crippen MR) is 99.0 cm³/mol. The maximum Gasteiger partial charge on any atom is 0.289 e. The molecule has 28 heavy (non-hydrogen) atoms. The summed E-state index contributed by atoms with van der Waals surface area (Å²) in [5.74, 6) is -0.366. The van der Waals surface area contributed by atoms with E-state index in [9.17, 15) is 9.18 Å². The highest BCUT2D eigenvalue weighted by molar-refractivity contribution is 6.16. The van der Waals surface area contributed by atoms with E-state index in [1.807, 2.05) is 13.0 Å². The molecular weight excluding hydrogens is 365 g/mol. The van der Waals surface area contributed by atoms with Crippen molar-refractivity contribution in [1.82, 2.24) is 20.3 Å². The van der Waals surface area contributed by atoms with Crippen molar-refractivity contribution < 1.29 is 18.3 Å². The molecule has 0 saturated carbocycles. The zero-order valence-electron chi connectivity index (χ0n) is 14.7. The molecule has 5 rings (SSSR count). The van der Waals surface area contributed by atoms with Crippen LogP contribution in [0.2, 0.25) is 0 Å². The number of benzene rings is 1. The van der Waals surface area contributed by atoms with Gasteiger partial charge in [-0.15, -0.1) is 0 Å². The summed E-state index contributed by atoms with van der Waals surface area (Å²) in [6.45, 7) is 2.50. The van der Waals surface area contributed by atoms with Crippen LogP contribution in [0, 0.1) is 5.95 Å². The first-order valence-corrected chi connectivity index (χ1v) is 8.65. The van der Waals surface area contributed by atoms with Crippen molar-refractivity contribution in [3.63, 3.8) is 0 Å². The smallest absolute Gasteiger partial charge is 0.289 e. The molecule has 0 spiro atoms. The Hall–Kier alpha value is -3.75. The SMILES string of the molecule is C[C@@H]1CNc2c(oc3ccc4nc(Oc5cc(F)ncn5)ccc4c23)C(=O)N1. The fourth-order valence-corrected chi connectivity index (χ4v) is 3.24. The molecule has 9 heteroatoms. The minimum Gasteiger partial charge on any atom is -0.449 e. The lowest BCUT2D eigenvalue weighted by Crippen LogP contribution is -2.34. The number of nitrogens with zero attached hydrogens (tertiary/aromatic N) is 3. The fraction of sp³-hybridized carbons (Fsp3) is 0.158. The number of furan rings is 1. The zero-order valence-corrected chi connectivity index (χ0v) is 14.7. The molecule has 8 nitrogen and oxygen atoms in total. The number of nitrogens with one attached hydrogen (secondary N) is 2. The lowest BCUT2D eigenvalue weighted by atomic mass is 10.1. The van der Waals surface area contributed by atoms with Crippen LogP contribution in [-0.4, -0.2) is 33.4 Å². The van der Waals surface area contributed by atoms with Gasteiger partial charge in [0.15, 0.2) is 0 Å². The molecule has 3 aromatic heterocycles. The number of carbonyl (C=O) groups excluding carboxylic acids is 1. The Bertz CT molecular complexity index is 1240. The van der Waals surface area contributed by atoms with E-state index in [2.05, 4.69) is 25.6 Å². The Morgan fingerprint density at radius 2 is 2.11 bits per heavy atom. The lowest BCUT2D eigenvalue weighted by Gasteiger charge is -2.09. The molecule has 0 bridgehead atoms. The van der Waals surface area contributed by atoms with Crippen LogP contribution in [0.4, 0.5) is 10.1 Å². The summed E-state index contributed by atoms with van der Waals surface area (Å²) in [6.07, 6.45) is 1.08. The van der Waals surface area contributed by atoms with Crippen molar-refractivity contribution in [2.45, 2.75) is 13.0 Å². The van der Waals surface area contributed by atoms with Crippen molar-refractivity contribution in [1.29, 1.82) is 0 Å². The number of hydrogen-bond donors (Lipinski definition) is 2. The number of pyridine rings is 1. The Kier molecular flexibility index (Phi) is 3.61. The molecular formula is C19H14FN5O3. The molecule has 1 amide bonds. The molecule has 1 atom stereocenters. The first-order valence-electron chi connectivity index (χ1n) is 8.65. The van der Waals surface area contributed by atoms with E-state index in [0.29, 0.717) is 23.3 Å². The van der Waals surface area contributed by atoms with E-state index in [1.165, 1.54) is 0 Å². The number of halogens is 1. The molecule has 0 saturated heterocycles. The van der Waals surface area contributed by atoms with E-state index >= 15 is 0 Å². The Balaban J connectivity index is 1.62. The van der Waals surface area contributed by atoms with Gasteiger partial charge in [-0.05, 0) is 25.1 Å². The Morgan fingerprint density at radius 3 is 2.96 bits per heavy atom. The molecule has 140 valence electrons. The van der Waals surface area contributed by atoms with Crippen LogP contribution in [0.5, 0.6) is 11.8 Å². The van der Waals surface area contributed by atoms with Crippen molar-refractivity contribution >= 4 is 33.5 Å². The Labute approximate surface area is 157 Å². The van der Waals surface area contributed by atoms with Crippen LogP contribution < -0.4 is 15.4 Å². The monoisotopic (exact) mass is 379 g/mol. The van der Waals surface area contributed by atoms with Crippen LogP contribution in [0.25, 0.3) is 21.9 Å². The summed E-state index contributed by atoms with van der Waals surface area (Å²) in [5, 5.41) is 7.75. The van der Waals surface area contributed by atoms with Gasteiger partial charge in [0.25, 0.3) is 5.91 Å². The molecule has 0 aliphatic carbocycles. The van der Waals surface area contributed by atoms with Crippen LogP contribution in [-0.2, 0) is 0 Å². The van der Waals surface area contributed by atoms with Gasteiger partial charge in [0.2, 0.25) is 23.5 Å². The normalized spacial score (nSPS) is 16.4. The topological polar surface area (TPSA) is 102 Å². The average molecular weight is 379 g/mol. The van der Waals surface area contributed by atoms with Gasteiger partial charge in [0.05, 0.1) is 22.7 Å². The molecule has 4 heterocycles. The van der Waals surface area contributed by atoms with Crippen LogP contribution in [0.15, 0.2) is 41.1 Å². The lowest BCUT2D eigenvalue weighted by molar-refractivity contribution is 0.0920. The summed E-state index contributed by atoms with van der Waals surface area (Å²) in [6, 6.07) is 8.06. The van der Waals surface area contributed by atoms with Crippen molar-refractivity contribution in [3.8, 4) is 11.8 Å². The van der Waals surface area contributed by atoms with Gasteiger partial charge in [-0.1, -0.05) is 0 Å². The molecule has 1 aliphatic rings. The van der Waals surface area contributed by atoms with E-state index in [-0.39, 0.29) is 29.5 Å². The van der Waals surface area contributed by atoms with Crippen LogP contribution >= 0.6 is 0 Å². The maximum atomic E-state index is 13.2. The molecule has 1 aromatic carbocycles. The van der Waals surface area contributed by atoms with Crippen molar-refractivity contribution in [2.75, 3.05) is 11.9 Å². The summed E-state index contributed by atoms with van der Waals surface area (Å²) in [5.41, 5.74) is 1.88. The van der Waals surface area contributed by atoms with Crippen molar-refractivity contribution in [3.05, 3.63) is 48.4 Å². The second kappa shape index (κ2) is 6.15. The summed E-state index contributed by atoms with van der Waals surface area (Å²) >= 11 is 0. The first-order chi connectivity index (χ1) is 13.6. The highest BCUT2D eigenvalue weighted by atomic mass is 19.1. The summed E-state index contributed by atoms with van der Waals surface area (Å²) in [4.78, 5) is 24.1. The minimum atomic E-state index is -0.688. The summed E-state index contributed by atoms with van der Waals surface area (Å²) in [7, 11) is 0. The molecule has 4 aromatic rings. The second-order valence-electron chi connectivity index (χ2n) is 6.50. The van der Waals surface area contributed by atoms with Crippen LogP contribution in [0.1, 0.15) is 17.5 Å². The molecule has 2 N–H and O–H groups in total. The predicted octanol–water partition coefficient (Wildman–Crippen LogP) is 3.25. The highest BCUT2D eigenvalue weighted by Gasteiger charge is 2.26. The maximum absolute atomic E-state index is 13.2. The minimum absolute atomic E-state index is 0.0217. The van der Waals surface area contributed by atoms with Gasteiger partial charge in [-0.2, -0.15) is 4.39 Å².